The van der Waals surface area contributed by atoms with E-state index in [0.29, 0.717) is 6.42 Å². The number of hydrogen-bond donors (Lipinski definition) is 1. The van der Waals surface area contributed by atoms with Crippen molar-refractivity contribution in [1.29, 1.82) is 0 Å². The molecule has 1 N–H and O–H groups in total. The first-order valence-corrected chi connectivity index (χ1v) is 7.57. The summed E-state index contributed by atoms with van der Waals surface area (Å²) in [5.74, 6) is 0.00377. The van der Waals surface area contributed by atoms with Crippen molar-refractivity contribution in [2.24, 2.45) is 5.92 Å². The van der Waals surface area contributed by atoms with Crippen LogP contribution in [0.25, 0.3) is 0 Å². The lowest BCUT2D eigenvalue weighted by molar-refractivity contribution is -0.134. The number of benzene rings is 1. The number of nitrogens with one attached hydrogen (secondary N) is 1. The molecule has 0 aliphatic carbocycles. The van der Waals surface area contributed by atoms with E-state index in [2.05, 4.69) is 11.4 Å². The fourth-order valence-corrected chi connectivity index (χ4v) is 2.95. The summed E-state index contributed by atoms with van der Waals surface area (Å²) in [5.41, 5.74) is 3.02. The molecule has 0 radical (unpaired) electrons. The van der Waals surface area contributed by atoms with Gasteiger partial charge in [-0.2, -0.15) is 0 Å². The molecule has 2 rings (SSSR count). The van der Waals surface area contributed by atoms with Crippen molar-refractivity contribution in [3.8, 4) is 0 Å². The number of hydrogen-bond acceptors (Lipinski definition) is 2. The van der Waals surface area contributed by atoms with Gasteiger partial charge in [-0.05, 0) is 49.4 Å². The Balaban J connectivity index is 2.49. The van der Waals surface area contributed by atoms with Crippen LogP contribution in [0.3, 0.4) is 0 Å². The largest absolute Gasteiger partial charge is 0.342 e. The van der Waals surface area contributed by atoms with Gasteiger partial charge in [-0.3, -0.25) is 14.5 Å². The molecule has 1 aromatic rings. The van der Waals surface area contributed by atoms with Crippen LogP contribution < -0.4 is 10.2 Å². The smallest absolute Gasteiger partial charge is 0.250 e. The summed E-state index contributed by atoms with van der Waals surface area (Å²) in [5, 5.41) is 2.87. The lowest BCUT2D eigenvalue weighted by Crippen LogP contribution is -2.65. The Morgan fingerprint density at radius 3 is 2.19 bits per heavy atom. The molecule has 2 atom stereocenters. The molecule has 0 aromatic heterocycles. The van der Waals surface area contributed by atoms with Gasteiger partial charge in [-0.15, -0.1) is 0 Å². The third-order valence-corrected chi connectivity index (χ3v) is 3.95. The molecule has 1 heterocycles. The number of rotatable bonds is 3. The van der Waals surface area contributed by atoms with Crippen molar-refractivity contribution < 1.29 is 9.59 Å². The minimum atomic E-state index is -0.443. The van der Waals surface area contributed by atoms with Crippen molar-refractivity contribution in [2.75, 3.05) is 4.90 Å². The van der Waals surface area contributed by atoms with Gasteiger partial charge in [0.15, 0.2) is 0 Å². The van der Waals surface area contributed by atoms with Crippen LogP contribution in [-0.4, -0.2) is 23.9 Å². The molecule has 1 saturated heterocycles. The zero-order valence-electron chi connectivity index (χ0n) is 13.4. The maximum absolute atomic E-state index is 12.8. The number of amides is 2. The molecule has 2 amide bonds. The average Bonchev–Trinajstić information content (AvgIpc) is 2.38. The highest BCUT2D eigenvalue weighted by atomic mass is 16.2. The monoisotopic (exact) mass is 288 g/mol. The Bertz CT molecular complexity index is 546. The zero-order valence-corrected chi connectivity index (χ0v) is 13.4. The Kier molecular flexibility index (Phi) is 4.35. The molecule has 0 spiro atoms. The first-order valence-electron chi connectivity index (χ1n) is 7.57. The van der Waals surface area contributed by atoms with E-state index < -0.39 is 12.1 Å². The van der Waals surface area contributed by atoms with Crippen LogP contribution in [0.15, 0.2) is 18.2 Å². The van der Waals surface area contributed by atoms with Gasteiger partial charge in [0.05, 0.1) is 0 Å². The maximum atomic E-state index is 12.8. The van der Waals surface area contributed by atoms with Crippen molar-refractivity contribution in [1.82, 2.24) is 5.32 Å². The van der Waals surface area contributed by atoms with Crippen molar-refractivity contribution in [3.05, 3.63) is 29.3 Å². The Morgan fingerprint density at radius 1 is 1.14 bits per heavy atom. The summed E-state index contributed by atoms with van der Waals surface area (Å²) in [6, 6.07) is 5.15. The lowest BCUT2D eigenvalue weighted by atomic mass is 9.96. The second-order valence-electron chi connectivity index (χ2n) is 6.21. The minimum Gasteiger partial charge on any atom is -0.342 e. The van der Waals surface area contributed by atoms with E-state index in [-0.39, 0.29) is 17.7 Å². The topological polar surface area (TPSA) is 49.4 Å². The fourth-order valence-electron chi connectivity index (χ4n) is 2.95. The molecule has 0 bridgehead atoms. The minimum absolute atomic E-state index is 0.0125. The number of aryl methyl sites for hydroxylation is 2. The lowest BCUT2D eigenvalue weighted by Gasteiger charge is -2.40. The van der Waals surface area contributed by atoms with Gasteiger partial charge >= 0.3 is 0 Å². The van der Waals surface area contributed by atoms with Crippen LogP contribution in [0.5, 0.6) is 0 Å². The van der Waals surface area contributed by atoms with E-state index in [4.69, 9.17) is 0 Å². The number of nitrogens with zero attached hydrogens (tertiary/aromatic N) is 1. The highest BCUT2D eigenvalue weighted by Crippen LogP contribution is 2.27. The van der Waals surface area contributed by atoms with Crippen LogP contribution in [0, 0.1) is 19.8 Å². The Labute approximate surface area is 126 Å². The first kappa shape index (κ1) is 15.5. The third kappa shape index (κ3) is 2.94. The average molecular weight is 288 g/mol. The van der Waals surface area contributed by atoms with Gasteiger partial charge in [-0.1, -0.05) is 26.8 Å². The Hall–Kier alpha value is -1.84. The van der Waals surface area contributed by atoms with Gasteiger partial charge in [0.1, 0.15) is 12.1 Å². The summed E-state index contributed by atoms with van der Waals surface area (Å²) in [6.07, 6.45) is 0.607. The van der Waals surface area contributed by atoms with E-state index in [1.54, 1.807) is 4.90 Å². The molecule has 114 valence electrons. The molecular weight excluding hydrogens is 264 g/mol. The van der Waals surface area contributed by atoms with Gasteiger partial charge in [-0.25, -0.2) is 0 Å². The van der Waals surface area contributed by atoms with E-state index in [9.17, 15) is 9.59 Å². The molecule has 21 heavy (non-hydrogen) atoms. The summed E-state index contributed by atoms with van der Waals surface area (Å²) in [7, 11) is 0. The van der Waals surface area contributed by atoms with Crippen LogP contribution in [0.4, 0.5) is 5.69 Å². The molecule has 4 nitrogen and oxygen atoms in total. The van der Waals surface area contributed by atoms with E-state index >= 15 is 0 Å². The summed E-state index contributed by atoms with van der Waals surface area (Å²) in [6.45, 7) is 9.85. The standard InChI is InChI=1S/C17H24N2O2/c1-6-14-16(20)18-15(10(2)3)17(21)19(14)13-8-11(4)7-12(5)9-13/h7-10,14-15H,6H2,1-5H3,(H,18,20). The van der Waals surface area contributed by atoms with E-state index in [1.165, 1.54) is 0 Å². The van der Waals surface area contributed by atoms with E-state index in [1.807, 2.05) is 46.8 Å². The summed E-state index contributed by atoms with van der Waals surface area (Å²) in [4.78, 5) is 26.8. The molecule has 0 saturated carbocycles. The number of anilines is 1. The van der Waals surface area contributed by atoms with Crippen LogP contribution in [0.2, 0.25) is 0 Å². The maximum Gasteiger partial charge on any atom is 0.250 e. The van der Waals surface area contributed by atoms with Gasteiger partial charge in [0, 0.05) is 5.69 Å². The fraction of sp³-hybridized carbons (Fsp3) is 0.529. The number of piperazine rings is 1. The molecule has 4 heteroatoms. The highest BCUT2D eigenvalue weighted by Gasteiger charge is 2.41. The van der Waals surface area contributed by atoms with Crippen LogP contribution in [-0.2, 0) is 9.59 Å². The number of carbonyl (C=O) groups is 2. The van der Waals surface area contributed by atoms with E-state index in [0.717, 1.165) is 16.8 Å². The number of carbonyl (C=O) groups excluding carboxylic acids is 2. The Morgan fingerprint density at radius 2 is 1.71 bits per heavy atom. The molecular formula is C17H24N2O2. The molecule has 1 aromatic carbocycles. The molecule has 2 unspecified atom stereocenters. The predicted octanol–water partition coefficient (Wildman–Crippen LogP) is 2.57. The normalized spacial score (nSPS) is 22.7. The van der Waals surface area contributed by atoms with Crippen molar-refractivity contribution in [2.45, 2.75) is 53.1 Å². The first-order chi connectivity index (χ1) is 9.85. The van der Waals surface area contributed by atoms with Crippen LogP contribution >= 0.6 is 0 Å². The van der Waals surface area contributed by atoms with Gasteiger partial charge < -0.3 is 5.32 Å². The quantitative estimate of drug-likeness (QED) is 0.929. The second kappa shape index (κ2) is 5.88. The summed E-state index contributed by atoms with van der Waals surface area (Å²) >= 11 is 0. The second-order valence-corrected chi connectivity index (χ2v) is 6.21. The molecule has 1 fully saturated rings. The van der Waals surface area contributed by atoms with Gasteiger partial charge in [0.25, 0.3) is 5.91 Å². The third-order valence-electron chi connectivity index (χ3n) is 3.95. The molecule has 1 aliphatic rings. The highest BCUT2D eigenvalue weighted by molar-refractivity contribution is 6.08. The molecule has 1 aliphatic heterocycles. The predicted molar refractivity (Wildman–Crippen MR) is 84.2 cm³/mol. The SMILES string of the molecule is CCC1C(=O)NC(C(C)C)C(=O)N1c1cc(C)cc(C)c1. The van der Waals surface area contributed by atoms with Crippen molar-refractivity contribution in [3.63, 3.8) is 0 Å². The van der Waals surface area contributed by atoms with Gasteiger partial charge in [0.2, 0.25) is 5.91 Å². The summed E-state index contributed by atoms with van der Waals surface area (Å²) < 4.78 is 0. The van der Waals surface area contributed by atoms with Crippen LogP contribution in [0.1, 0.15) is 38.3 Å². The zero-order chi connectivity index (χ0) is 15.7. The van der Waals surface area contributed by atoms with Crippen molar-refractivity contribution >= 4 is 17.5 Å².